The lowest BCUT2D eigenvalue weighted by Gasteiger charge is -2.11. The number of halogens is 4. The van der Waals surface area contributed by atoms with E-state index in [2.05, 4.69) is 15.4 Å². The molecule has 0 saturated heterocycles. The second-order valence-electron chi connectivity index (χ2n) is 3.49. The van der Waals surface area contributed by atoms with E-state index in [0.717, 1.165) is 12.1 Å². The number of H-pyrrole nitrogens is 1. The quantitative estimate of drug-likeness (QED) is 0.892. The van der Waals surface area contributed by atoms with Crippen LogP contribution in [-0.2, 0) is 6.18 Å². The van der Waals surface area contributed by atoms with Gasteiger partial charge in [0.1, 0.15) is 0 Å². The van der Waals surface area contributed by atoms with Crippen molar-refractivity contribution in [3.8, 4) is 0 Å². The minimum absolute atomic E-state index is 0.0270. The summed E-state index contributed by atoms with van der Waals surface area (Å²) in [6, 6.07) is 3.26. The summed E-state index contributed by atoms with van der Waals surface area (Å²) >= 11 is 5.48. The lowest BCUT2D eigenvalue weighted by molar-refractivity contribution is -0.137. The fourth-order valence-corrected chi connectivity index (χ4v) is 1.56. The third-order valence-corrected chi connectivity index (χ3v) is 2.44. The van der Waals surface area contributed by atoms with Gasteiger partial charge in [0.05, 0.1) is 16.8 Å². The highest BCUT2D eigenvalue weighted by Gasteiger charge is 2.33. The topological polar surface area (TPSA) is 70.7 Å². The molecule has 0 unspecified atom stereocenters. The fraction of sp³-hybridized carbons (Fsp3) is 0.100. The van der Waals surface area contributed by atoms with Crippen molar-refractivity contribution >= 4 is 23.1 Å². The van der Waals surface area contributed by atoms with Crippen LogP contribution in [0.2, 0.25) is 5.02 Å². The molecule has 1 aromatic carbocycles. The van der Waals surface area contributed by atoms with E-state index in [0.29, 0.717) is 0 Å². The molecule has 0 aliphatic rings. The van der Waals surface area contributed by atoms with Crippen LogP contribution in [0.1, 0.15) is 5.56 Å². The number of alkyl halides is 3. The molecular formula is C10H6ClF3N4O. The SMILES string of the molecule is O=c1nc(Nc2ccc(Cl)c(C(F)(F)F)c2)cn[nH]1. The molecule has 0 spiro atoms. The molecule has 0 saturated carbocycles. The number of hydrogen-bond acceptors (Lipinski definition) is 4. The molecule has 0 bridgehead atoms. The summed E-state index contributed by atoms with van der Waals surface area (Å²) < 4.78 is 37.9. The van der Waals surface area contributed by atoms with Gasteiger partial charge in [-0.25, -0.2) is 9.89 Å². The first-order chi connectivity index (χ1) is 8.86. The molecule has 2 N–H and O–H groups in total. The Hall–Kier alpha value is -2.09. The Morgan fingerprint density at radius 1 is 1.32 bits per heavy atom. The van der Waals surface area contributed by atoms with E-state index >= 15 is 0 Å². The standard InChI is InChI=1S/C10H6ClF3N4O/c11-7-2-1-5(3-6(7)10(12,13)14)16-8-4-15-18-9(19)17-8/h1-4H,(H2,16,17,18,19). The molecular weight excluding hydrogens is 285 g/mol. The predicted molar refractivity (Wildman–Crippen MR) is 62.4 cm³/mol. The highest BCUT2D eigenvalue weighted by Crippen LogP contribution is 2.36. The molecule has 0 aliphatic carbocycles. The van der Waals surface area contributed by atoms with Gasteiger partial charge in [-0.3, -0.25) is 0 Å². The van der Waals surface area contributed by atoms with E-state index < -0.39 is 22.5 Å². The van der Waals surface area contributed by atoms with Gasteiger partial charge in [0.25, 0.3) is 0 Å². The van der Waals surface area contributed by atoms with Crippen LogP contribution in [0.4, 0.5) is 24.7 Å². The number of aromatic nitrogens is 3. The summed E-state index contributed by atoms with van der Waals surface area (Å²) in [5, 5.41) is 7.63. The smallest absolute Gasteiger partial charge is 0.339 e. The Labute approximate surface area is 109 Å². The Kier molecular flexibility index (Phi) is 3.43. The minimum Gasteiger partial charge on any atom is -0.339 e. The van der Waals surface area contributed by atoms with Gasteiger partial charge >= 0.3 is 11.9 Å². The molecule has 1 aromatic heterocycles. The molecule has 2 rings (SSSR count). The highest BCUT2D eigenvalue weighted by molar-refractivity contribution is 6.31. The molecule has 19 heavy (non-hydrogen) atoms. The Balaban J connectivity index is 2.34. The van der Waals surface area contributed by atoms with Crippen LogP contribution >= 0.6 is 11.6 Å². The van der Waals surface area contributed by atoms with Gasteiger partial charge in [0.15, 0.2) is 5.82 Å². The van der Waals surface area contributed by atoms with Crippen LogP contribution in [0, 0.1) is 0 Å². The second-order valence-corrected chi connectivity index (χ2v) is 3.90. The summed E-state index contributed by atoms with van der Waals surface area (Å²) in [6.45, 7) is 0. The summed E-state index contributed by atoms with van der Waals surface area (Å²) in [6.07, 6.45) is -3.39. The maximum absolute atomic E-state index is 12.6. The molecule has 5 nitrogen and oxygen atoms in total. The molecule has 100 valence electrons. The highest BCUT2D eigenvalue weighted by atomic mass is 35.5. The van der Waals surface area contributed by atoms with Gasteiger partial charge in [-0.05, 0) is 18.2 Å². The first-order valence-electron chi connectivity index (χ1n) is 4.92. The normalized spacial score (nSPS) is 11.4. The maximum atomic E-state index is 12.6. The molecule has 1 heterocycles. The molecule has 0 amide bonds. The number of nitrogens with one attached hydrogen (secondary N) is 2. The van der Waals surface area contributed by atoms with Crippen LogP contribution in [0.25, 0.3) is 0 Å². The molecule has 9 heteroatoms. The lowest BCUT2D eigenvalue weighted by Crippen LogP contribution is -2.13. The van der Waals surface area contributed by atoms with Crippen molar-refractivity contribution < 1.29 is 13.2 Å². The number of aromatic amines is 1. The average Bonchev–Trinajstić information content (AvgIpc) is 2.30. The monoisotopic (exact) mass is 290 g/mol. The molecule has 0 radical (unpaired) electrons. The summed E-state index contributed by atoms with van der Waals surface area (Å²) in [5.74, 6) is 0.0270. The van der Waals surface area contributed by atoms with Gasteiger partial charge in [0.2, 0.25) is 0 Å². The average molecular weight is 291 g/mol. The van der Waals surface area contributed by atoms with E-state index in [9.17, 15) is 18.0 Å². The van der Waals surface area contributed by atoms with Crippen molar-refractivity contribution in [2.45, 2.75) is 6.18 Å². The van der Waals surface area contributed by atoms with E-state index in [4.69, 9.17) is 11.6 Å². The van der Waals surface area contributed by atoms with Crippen LogP contribution in [0.5, 0.6) is 0 Å². The number of nitrogens with zero attached hydrogens (tertiary/aromatic N) is 2. The molecule has 0 fully saturated rings. The zero-order valence-corrected chi connectivity index (χ0v) is 9.88. The van der Waals surface area contributed by atoms with E-state index in [1.54, 1.807) is 0 Å². The van der Waals surface area contributed by atoms with Gasteiger partial charge in [-0.2, -0.15) is 23.3 Å². The number of rotatable bonds is 2. The number of benzene rings is 1. The first kappa shape index (κ1) is 13.3. The van der Waals surface area contributed by atoms with Crippen molar-refractivity contribution in [1.29, 1.82) is 0 Å². The van der Waals surface area contributed by atoms with Crippen molar-refractivity contribution in [2.75, 3.05) is 5.32 Å². The summed E-state index contributed by atoms with van der Waals surface area (Å²) in [5.41, 5.74) is -1.59. The van der Waals surface area contributed by atoms with Crippen LogP contribution in [-0.4, -0.2) is 15.2 Å². The van der Waals surface area contributed by atoms with Crippen molar-refractivity contribution in [3.63, 3.8) is 0 Å². The zero-order chi connectivity index (χ0) is 14.0. The van der Waals surface area contributed by atoms with Crippen molar-refractivity contribution in [1.82, 2.24) is 15.2 Å². The van der Waals surface area contributed by atoms with Gasteiger partial charge in [-0.15, -0.1) is 0 Å². The largest absolute Gasteiger partial charge is 0.417 e. The van der Waals surface area contributed by atoms with Crippen LogP contribution in [0.3, 0.4) is 0 Å². The van der Waals surface area contributed by atoms with E-state index in [1.807, 2.05) is 5.10 Å². The lowest BCUT2D eigenvalue weighted by atomic mass is 10.2. The second kappa shape index (κ2) is 4.88. The minimum atomic E-state index is -4.56. The van der Waals surface area contributed by atoms with Crippen molar-refractivity contribution in [2.24, 2.45) is 0 Å². The Morgan fingerprint density at radius 2 is 2.05 bits per heavy atom. The Bertz CT molecular complexity index is 656. The molecule has 0 aliphatic heterocycles. The number of anilines is 2. The number of hydrogen-bond donors (Lipinski definition) is 2. The van der Waals surface area contributed by atoms with E-state index in [-0.39, 0.29) is 11.5 Å². The van der Waals surface area contributed by atoms with Crippen LogP contribution in [0.15, 0.2) is 29.2 Å². The third-order valence-electron chi connectivity index (χ3n) is 2.11. The van der Waals surface area contributed by atoms with E-state index in [1.165, 1.54) is 12.3 Å². The maximum Gasteiger partial charge on any atom is 0.417 e. The third kappa shape index (κ3) is 3.22. The zero-order valence-electron chi connectivity index (χ0n) is 9.12. The summed E-state index contributed by atoms with van der Waals surface area (Å²) in [7, 11) is 0. The Morgan fingerprint density at radius 3 is 2.68 bits per heavy atom. The van der Waals surface area contributed by atoms with Crippen molar-refractivity contribution in [3.05, 3.63) is 45.5 Å². The van der Waals surface area contributed by atoms with Gasteiger partial charge in [-0.1, -0.05) is 11.6 Å². The molecule has 2 aromatic rings. The summed E-state index contributed by atoms with van der Waals surface area (Å²) in [4.78, 5) is 14.4. The first-order valence-corrected chi connectivity index (χ1v) is 5.29. The predicted octanol–water partition coefficient (Wildman–Crippen LogP) is 2.58. The van der Waals surface area contributed by atoms with Gasteiger partial charge in [0, 0.05) is 5.69 Å². The fourth-order valence-electron chi connectivity index (χ4n) is 1.34. The van der Waals surface area contributed by atoms with Crippen LogP contribution < -0.4 is 11.0 Å². The van der Waals surface area contributed by atoms with Gasteiger partial charge < -0.3 is 5.32 Å². The molecule has 0 atom stereocenters.